The van der Waals surface area contributed by atoms with Gasteiger partial charge < -0.3 is 20.1 Å². The first-order valence-corrected chi connectivity index (χ1v) is 6.89. The van der Waals surface area contributed by atoms with Gasteiger partial charge in [0.1, 0.15) is 0 Å². The summed E-state index contributed by atoms with van der Waals surface area (Å²) >= 11 is 0. The van der Waals surface area contributed by atoms with Gasteiger partial charge in [-0.1, -0.05) is 0 Å². The van der Waals surface area contributed by atoms with Crippen molar-refractivity contribution in [3.8, 4) is 0 Å². The van der Waals surface area contributed by atoms with Crippen molar-refractivity contribution >= 4 is 5.91 Å². The van der Waals surface area contributed by atoms with Crippen LogP contribution in [-0.4, -0.2) is 52.0 Å². The van der Waals surface area contributed by atoms with Gasteiger partial charge in [0.15, 0.2) is 0 Å². The number of methoxy groups -OCH3 is 1. The fourth-order valence-corrected chi connectivity index (χ4v) is 1.57. The fraction of sp³-hybridized carbons (Fsp3) is 0.923. The Morgan fingerprint density at radius 1 is 1.17 bits per heavy atom. The predicted octanol–water partition coefficient (Wildman–Crippen LogP) is 0.688. The summed E-state index contributed by atoms with van der Waals surface area (Å²) in [6.45, 7) is 3.92. The first-order chi connectivity index (χ1) is 8.83. The Morgan fingerprint density at radius 2 is 1.94 bits per heavy atom. The Hall–Kier alpha value is -0.650. The maximum absolute atomic E-state index is 11.4. The van der Waals surface area contributed by atoms with Gasteiger partial charge in [-0.15, -0.1) is 0 Å². The highest BCUT2D eigenvalue weighted by Gasteiger charge is 2.22. The van der Waals surface area contributed by atoms with E-state index < -0.39 is 0 Å². The van der Waals surface area contributed by atoms with Gasteiger partial charge in [0, 0.05) is 26.2 Å². The highest BCUT2D eigenvalue weighted by atomic mass is 16.5. The minimum absolute atomic E-state index is 0.196. The second-order valence-electron chi connectivity index (χ2n) is 4.65. The Kier molecular flexibility index (Phi) is 8.81. The van der Waals surface area contributed by atoms with Gasteiger partial charge in [-0.3, -0.25) is 4.79 Å². The summed E-state index contributed by atoms with van der Waals surface area (Å²) in [4.78, 5) is 11.4. The third-order valence-corrected chi connectivity index (χ3v) is 2.77. The quantitative estimate of drug-likeness (QED) is 0.506. The van der Waals surface area contributed by atoms with E-state index in [2.05, 4.69) is 10.6 Å². The summed E-state index contributed by atoms with van der Waals surface area (Å²) in [6, 6.07) is 0.481. The van der Waals surface area contributed by atoms with Crippen LogP contribution < -0.4 is 10.6 Å². The third kappa shape index (κ3) is 9.39. The van der Waals surface area contributed by atoms with Crippen LogP contribution in [0.25, 0.3) is 0 Å². The molecule has 106 valence electrons. The second kappa shape index (κ2) is 10.3. The molecule has 1 amide bonds. The van der Waals surface area contributed by atoms with E-state index in [9.17, 15) is 4.79 Å². The summed E-state index contributed by atoms with van der Waals surface area (Å²) in [7, 11) is 1.67. The Balaban J connectivity index is 1.71. The van der Waals surface area contributed by atoms with Gasteiger partial charge in [0.05, 0.1) is 13.2 Å². The molecule has 1 aliphatic carbocycles. The number of rotatable bonds is 12. The van der Waals surface area contributed by atoms with E-state index in [-0.39, 0.29) is 5.91 Å². The molecule has 0 bridgehead atoms. The van der Waals surface area contributed by atoms with Crippen molar-refractivity contribution in [2.24, 2.45) is 0 Å². The van der Waals surface area contributed by atoms with Gasteiger partial charge in [0.2, 0.25) is 5.91 Å². The molecule has 1 fully saturated rings. The van der Waals surface area contributed by atoms with Crippen molar-refractivity contribution in [1.29, 1.82) is 0 Å². The molecule has 5 heteroatoms. The van der Waals surface area contributed by atoms with Crippen molar-refractivity contribution in [2.45, 2.75) is 38.1 Å². The van der Waals surface area contributed by atoms with Crippen molar-refractivity contribution in [3.63, 3.8) is 0 Å². The lowest BCUT2D eigenvalue weighted by Crippen LogP contribution is -2.26. The number of carbonyl (C=O) groups excluding carboxylic acids is 1. The number of hydrogen-bond acceptors (Lipinski definition) is 4. The number of carbonyl (C=O) groups is 1. The molecule has 1 aliphatic rings. The molecule has 0 radical (unpaired) electrons. The van der Waals surface area contributed by atoms with Crippen LogP contribution >= 0.6 is 0 Å². The topological polar surface area (TPSA) is 59.6 Å². The van der Waals surface area contributed by atoms with Crippen LogP contribution in [0.1, 0.15) is 32.1 Å². The molecule has 0 unspecified atom stereocenters. The minimum Gasteiger partial charge on any atom is -0.382 e. The summed E-state index contributed by atoms with van der Waals surface area (Å²) < 4.78 is 10.2. The van der Waals surface area contributed by atoms with E-state index in [0.717, 1.165) is 45.4 Å². The van der Waals surface area contributed by atoms with Crippen LogP contribution in [0, 0.1) is 0 Å². The lowest BCUT2D eigenvalue weighted by atomic mass is 10.3. The monoisotopic (exact) mass is 258 g/mol. The molecule has 2 N–H and O–H groups in total. The molecule has 0 aromatic rings. The van der Waals surface area contributed by atoms with Crippen LogP contribution in [0.5, 0.6) is 0 Å². The zero-order valence-electron chi connectivity index (χ0n) is 11.4. The number of hydrogen-bond donors (Lipinski definition) is 2. The van der Waals surface area contributed by atoms with Crippen molar-refractivity contribution in [2.75, 3.05) is 40.0 Å². The largest absolute Gasteiger partial charge is 0.382 e. The number of nitrogens with one attached hydrogen (secondary N) is 2. The molecule has 0 saturated heterocycles. The normalized spacial score (nSPS) is 14.7. The lowest BCUT2D eigenvalue weighted by Gasteiger charge is -2.06. The Morgan fingerprint density at radius 3 is 2.67 bits per heavy atom. The van der Waals surface area contributed by atoms with Crippen molar-refractivity contribution in [3.05, 3.63) is 0 Å². The molecule has 0 aromatic heterocycles. The van der Waals surface area contributed by atoms with Crippen molar-refractivity contribution < 1.29 is 14.3 Å². The molecule has 0 aliphatic heterocycles. The molecule has 18 heavy (non-hydrogen) atoms. The maximum Gasteiger partial charge on any atom is 0.220 e. The smallest absolute Gasteiger partial charge is 0.220 e. The third-order valence-electron chi connectivity index (χ3n) is 2.77. The lowest BCUT2D eigenvalue weighted by molar-refractivity contribution is -0.121. The number of ether oxygens (including phenoxy) is 2. The van der Waals surface area contributed by atoms with E-state index in [1.807, 2.05) is 0 Å². The average Bonchev–Trinajstić information content (AvgIpc) is 3.15. The van der Waals surface area contributed by atoms with Crippen LogP contribution in [-0.2, 0) is 14.3 Å². The minimum atomic E-state index is 0.196. The molecular formula is C13H26N2O3. The molecule has 0 aromatic carbocycles. The molecule has 0 heterocycles. The molecular weight excluding hydrogens is 232 g/mol. The zero-order chi connectivity index (χ0) is 13.1. The molecule has 1 saturated carbocycles. The van der Waals surface area contributed by atoms with Gasteiger partial charge >= 0.3 is 0 Å². The highest BCUT2D eigenvalue weighted by molar-refractivity contribution is 5.76. The molecule has 0 atom stereocenters. The van der Waals surface area contributed by atoms with E-state index in [0.29, 0.717) is 25.7 Å². The maximum atomic E-state index is 11.4. The summed E-state index contributed by atoms with van der Waals surface area (Å²) in [5.41, 5.74) is 0. The number of amides is 1. The summed E-state index contributed by atoms with van der Waals surface area (Å²) in [5, 5.41) is 6.30. The zero-order valence-corrected chi connectivity index (χ0v) is 11.4. The van der Waals surface area contributed by atoms with E-state index >= 15 is 0 Å². The van der Waals surface area contributed by atoms with E-state index in [4.69, 9.17) is 9.47 Å². The van der Waals surface area contributed by atoms with Gasteiger partial charge in [-0.05, 0) is 38.8 Å². The first kappa shape index (κ1) is 15.4. The van der Waals surface area contributed by atoms with Crippen LogP contribution in [0.4, 0.5) is 0 Å². The molecule has 5 nitrogen and oxygen atoms in total. The molecule has 0 spiro atoms. The van der Waals surface area contributed by atoms with Gasteiger partial charge in [-0.2, -0.15) is 0 Å². The molecule has 1 rings (SSSR count). The van der Waals surface area contributed by atoms with Crippen LogP contribution in [0.15, 0.2) is 0 Å². The Bertz CT molecular complexity index is 220. The van der Waals surface area contributed by atoms with Crippen LogP contribution in [0.2, 0.25) is 0 Å². The van der Waals surface area contributed by atoms with E-state index in [1.54, 1.807) is 7.11 Å². The first-order valence-electron chi connectivity index (χ1n) is 6.89. The predicted molar refractivity (Wildman–Crippen MR) is 70.6 cm³/mol. The standard InChI is InChI=1S/C13H26N2O3/c1-17-10-11-18-9-3-8-14-7-2-4-13(16)15-12-5-6-12/h12,14H,2-11H2,1H3,(H,15,16). The van der Waals surface area contributed by atoms with Gasteiger partial charge in [-0.25, -0.2) is 0 Å². The summed E-state index contributed by atoms with van der Waals surface area (Å²) in [5.74, 6) is 0.196. The van der Waals surface area contributed by atoms with Crippen molar-refractivity contribution in [1.82, 2.24) is 10.6 Å². The van der Waals surface area contributed by atoms with Crippen LogP contribution in [0.3, 0.4) is 0 Å². The Labute approximate surface area is 110 Å². The second-order valence-corrected chi connectivity index (χ2v) is 4.65. The van der Waals surface area contributed by atoms with E-state index in [1.165, 1.54) is 0 Å². The average molecular weight is 258 g/mol. The van der Waals surface area contributed by atoms with Gasteiger partial charge in [0.25, 0.3) is 0 Å². The SMILES string of the molecule is COCCOCCCNCCCC(=O)NC1CC1. The fourth-order valence-electron chi connectivity index (χ4n) is 1.57. The highest BCUT2D eigenvalue weighted by Crippen LogP contribution is 2.18. The summed E-state index contributed by atoms with van der Waals surface area (Å²) in [6.07, 6.45) is 4.86.